The highest BCUT2D eigenvalue weighted by Gasteiger charge is 2.33. The summed E-state index contributed by atoms with van der Waals surface area (Å²) in [5, 5.41) is 2.36. The van der Waals surface area contributed by atoms with E-state index >= 15 is 0 Å². The fourth-order valence-corrected chi connectivity index (χ4v) is 6.29. The predicted molar refractivity (Wildman–Crippen MR) is 166 cm³/mol. The molecule has 7 heteroatoms. The average Bonchev–Trinajstić information content (AvgIpc) is 3.30. The molecular weight excluding hydrogens is 544 g/mol. The number of hydrogen-bond donors (Lipinski definition) is 0. The molecule has 0 bridgehead atoms. The van der Waals surface area contributed by atoms with Crippen LogP contribution in [0.5, 0.6) is 5.75 Å². The normalized spacial score (nSPS) is 14.9. The Labute approximate surface area is 247 Å². The van der Waals surface area contributed by atoms with Gasteiger partial charge in [0.05, 0.1) is 28.5 Å². The van der Waals surface area contributed by atoms with Crippen molar-refractivity contribution >= 4 is 34.2 Å². The SMILES string of the molecule is CCOC(=O)C1=C(C)N=c2sc(=Cc3ccc(OCc4cccc5ccccc45)cc3)c(=O)n2C1c1ccc(C)cc1. The van der Waals surface area contributed by atoms with Crippen molar-refractivity contribution in [1.82, 2.24) is 4.57 Å². The summed E-state index contributed by atoms with van der Waals surface area (Å²) in [6, 6.07) is 29.4. The van der Waals surface area contributed by atoms with Crippen LogP contribution in [0.2, 0.25) is 0 Å². The van der Waals surface area contributed by atoms with Crippen molar-refractivity contribution in [1.29, 1.82) is 0 Å². The third-order valence-corrected chi connectivity index (χ3v) is 8.35. The molecule has 1 atom stereocenters. The summed E-state index contributed by atoms with van der Waals surface area (Å²) in [5.74, 6) is 0.285. The molecule has 0 fully saturated rings. The third kappa shape index (κ3) is 5.31. The molecule has 42 heavy (non-hydrogen) atoms. The summed E-state index contributed by atoms with van der Waals surface area (Å²) >= 11 is 1.31. The fourth-order valence-electron chi connectivity index (χ4n) is 5.25. The van der Waals surface area contributed by atoms with Gasteiger partial charge in [0, 0.05) is 0 Å². The second-order valence-electron chi connectivity index (χ2n) is 10.2. The van der Waals surface area contributed by atoms with Crippen molar-refractivity contribution in [3.8, 4) is 5.75 Å². The third-order valence-electron chi connectivity index (χ3n) is 7.36. The Bertz CT molecular complexity index is 2000. The van der Waals surface area contributed by atoms with Gasteiger partial charge in [-0.05, 0) is 66.4 Å². The lowest BCUT2D eigenvalue weighted by atomic mass is 9.95. The summed E-state index contributed by atoms with van der Waals surface area (Å²) in [6.45, 7) is 6.26. The number of thiazole rings is 1. The molecule has 0 N–H and O–H groups in total. The minimum absolute atomic E-state index is 0.199. The van der Waals surface area contributed by atoms with Gasteiger partial charge < -0.3 is 9.47 Å². The van der Waals surface area contributed by atoms with Gasteiger partial charge in [0.1, 0.15) is 12.4 Å². The standard InChI is InChI=1S/C35H30N2O4S/c1-4-40-34(39)31-23(3)36-35-37(32(31)26-16-12-22(2)13-17-26)33(38)30(42-35)20-24-14-18-28(19-15-24)41-21-27-10-7-9-25-8-5-6-11-29(25)27/h5-20,32H,4,21H2,1-3H3. The van der Waals surface area contributed by atoms with Crippen LogP contribution in [0.4, 0.5) is 0 Å². The van der Waals surface area contributed by atoms with Crippen molar-refractivity contribution in [2.75, 3.05) is 6.61 Å². The zero-order valence-corrected chi connectivity index (χ0v) is 24.5. The number of aryl methyl sites for hydroxylation is 1. The number of hydrogen-bond acceptors (Lipinski definition) is 6. The summed E-state index contributed by atoms with van der Waals surface area (Å²) in [4.78, 5) is 32.1. The van der Waals surface area contributed by atoms with E-state index in [-0.39, 0.29) is 12.2 Å². The molecule has 210 valence electrons. The molecular formula is C35H30N2O4S. The number of allylic oxidation sites excluding steroid dienone is 1. The highest BCUT2D eigenvalue weighted by molar-refractivity contribution is 7.07. The molecule has 5 aromatic rings. The van der Waals surface area contributed by atoms with Crippen molar-refractivity contribution in [2.24, 2.45) is 4.99 Å². The zero-order valence-electron chi connectivity index (χ0n) is 23.7. The monoisotopic (exact) mass is 574 g/mol. The Morgan fingerprint density at radius 3 is 2.45 bits per heavy atom. The number of ether oxygens (including phenoxy) is 2. The first-order chi connectivity index (χ1) is 20.4. The van der Waals surface area contributed by atoms with Crippen LogP contribution in [-0.4, -0.2) is 17.1 Å². The molecule has 1 aliphatic rings. The van der Waals surface area contributed by atoms with E-state index in [0.717, 1.165) is 28.0 Å². The lowest BCUT2D eigenvalue weighted by Gasteiger charge is -2.24. The van der Waals surface area contributed by atoms with Crippen LogP contribution in [0.15, 0.2) is 112 Å². The Morgan fingerprint density at radius 1 is 0.952 bits per heavy atom. The minimum Gasteiger partial charge on any atom is -0.489 e. The number of fused-ring (bicyclic) bond motifs is 2. The number of benzene rings is 4. The van der Waals surface area contributed by atoms with Gasteiger partial charge in [-0.3, -0.25) is 9.36 Å². The van der Waals surface area contributed by atoms with Gasteiger partial charge in [-0.1, -0.05) is 95.8 Å². The van der Waals surface area contributed by atoms with Crippen LogP contribution < -0.4 is 19.6 Å². The van der Waals surface area contributed by atoms with E-state index in [1.165, 1.54) is 22.1 Å². The van der Waals surface area contributed by atoms with Gasteiger partial charge in [-0.2, -0.15) is 0 Å². The van der Waals surface area contributed by atoms with Crippen LogP contribution in [0.3, 0.4) is 0 Å². The zero-order chi connectivity index (χ0) is 29.2. The molecule has 0 saturated carbocycles. The maximum absolute atomic E-state index is 13.8. The predicted octanol–water partition coefficient (Wildman–Crippen LogP) is 5.84. The Hall–Kier alpha value is -4.75. The molecule has 6 rings (SSSR count). The van der Waals surface area contributed by atoms with Gasteiger partial charge in [0.2, 0.25) is 0 Å². The molecule has 0 saturated heterocycles. The van der Waals surface area contributed by atoms with E-state index in [0.29, 0.717) is 27.2 Å². The van der Waals surface area contributed by atoms with Crippen LogP contribution in [0, 0.1) is 6.92 Å². The summed E-state index contributed by atoms with van der Waals surface area (Å²) in [6.07, 6.45) is 1.86. The Morgan fingerprint density at radius 2 is 1.69 bits per heavy atom. The minimum atomic E-state index is -0.618. The molecule has 2 heterocycles. The lowest BCUT2D eigenvalue weighted by Crippen LogP contribution is -2.39. The number of esters is 1. The number of nitrogens with zero attached hydrogens (tertiary/aromatic N) is 2. The van der Waals surface area contributed by atoms with Crippen molar-refractivity contribution < 1.29 is 14.3 Å². The Balaban J connectivity index is 1.31. The van der Waals surface area contributed by atoms with Gasteiger partial charge >= 0.3 is 5.97 Å². The first-order valence-corrected chi connectivity index (χ1v) is 14.7. The van der Waals surface area contributed by atoms with E-state index in [4.69, 9.17) is 9.47 Å². The second-order valence-corrected chi connectivity index (χ2v) is 11.2. The summed E-state index contributed by atoms with van der Waals surface area (Å²) in [7, 11) is 0. The molecule has 0 amide bonds. The largest absolute Gasteiger partial charge is 0.489 e. The lowest BCUT2D eigenvalue weighted by molar-refractivity contribution is -0.139. The number of aromatic nitrogens is 1. The van der Waals surface area contributed by atoms with Crippen LogP contribution >= 0.6 is 11.3 Å². The molecule has 1 unspecified atom stereocenters. The summed E-state index contributed by atoms with van der Waals surface area (Å²) in [5.41, 5.74) is 4.65. The topological polar surface area (TPSA) is 69.9 Å². The highest BCUT2D eigenvalue weighted by atomic mass is 32.1. The maximum atomic E-state index is 13.8. The van der Waals surface area contributed by atoms with Crippen LogP contribution in [0.1, 0.15) is 42.1 Å². The first kappa shape index (κ1) is 27.4. The Kier molecular flexibility index (Phi) is 7.59. The van der Waals surface area contributed by atoms with Crippen molar-refractivity contribution in [3.63, 3.8) is 0 Å². The van der Waals surface area contributed by atoms with Gasteiger partial charge in [0.15, 0.2) is 4.80 Å². The van der Waals surface area contributed by atoms with Gasteiger partial charge in [-0.25, -0.2) is 9.79 Å². The molecule has 0 radical (unpaired) electrons. The molecule has 6 nitrogen and oxygen atoms in total. The average molecular weight is 575 g/mol. The van der Waals surface area contributed by atoms with Crippen molar-refractivity contribution in [3.05, 3.63) is 144 Å². The number of rotatable bonds is 7. The molecule has 1 aromatic heterocycles. The number of carbonyl (C=O) groups excluding carboxylic acids is 1. The number of carbonyl (C=O) groups is 1. The second kappa shape index (κ2) is 11.6. The maximum Gasteiger partial charge on any atom is 0.338 e. The molecule has 0 spiro atoms. The van der Waals surface area contributed by atoms with E-state index in [1.54, 1.807) is 18.4 Å². The first-order valence-electron chi connectivity index (χ1n) is 13.9. The quantitative estimate of drug-likeness (QED) is 0.229. The van der Waals surface area contributed by atoms with E-state index in [2.05, 4.69) is 29.3 Å². The smallest absolute Gasteiger partial charge is 0.338 e. The van der Waals surface area contributed by atoms with Crippen LogP contribution in [-0.2, 0) is 16.1 Å². The highest BCUT2D eigenvalue weighted by Crippen LogP contribution is 2.31. The van der Waals surface area contributed by atoms with Crippen LogP contribution in [0.25, 0.3) is 16.8 Å². The van der Waals surface area contributed by atoms with E-state index < -0.39 is 12.0 Å². The molecule has 1 aliphatic heterocycles. The van der Waals surface area contributed by atoms with E-state index in [1.807, 2.05) is 79.7 Å². The van der Waals surface area contributed by atoms with Gasteiger partial charge in [-0.15, -0.1) is 0 Å². The van der Waals surface area contributed by atoms with Gasteiger partial charge in [0.25, 0.3) is 5.56 Å². The van der Waals surface area contributed by atoms with E-state index in [9.17, 15) is 9.59 Å². The fraction of sp³-hybridized carbons (Fsp3) is 0.171. The molecule has 0 aliphatic carbocycles. The van der Waals surface area contributed by atoms with Crippen molar-refractivity contribution in [2.45, 2.75) is 33.4 Å². The molecule has 4 aromatic carbocycles. The summed E-state index contributed by atoms with van der Waals surface area (Å²) < 4.78 is 13.6.